The van der Waals surface area contributed by atoms with Gasteiger partial charge in [-0.05, 0) is 24.1 Å². The van der Waals surface area contributed by atoms with Gasteiger partial charge >= 0.3 is 6.18 Å². The molecule has 1 aromatic rings. The van der Waals surface area contributed by atoms with E-state index in [4.69, 9.17) is 10.5 Å². The van der Waals surface area contributed by atoms with Gasteiger partial charge in [0.15, 0.2) is 0 Å². The molecule has 0 aliphatic heterocycles. The van der Waals surface area contributed by atoms with Crippen molar-refractivity contribution in [2.75, 3.05) is 13.2 Å². The van der Waals surface area contributed by atoms with Crippen LogP contribution < -0.4 is 5.73 Å². The molecule has 0 heterocycles. The third-order valence-corrected chi connectivity index (χ3v) is 2.25. The average Bonchev–Trinajstić information content (AvgIpc) is 2.26. The molecular formula is C12H16F3NO. The number of nitrogens with two attached hydrogens (primary N) is 1. The first-order valence-electron chi connectivity index (χ1n) is 5.43. The maximum atomic E-state index is 11.8. The number of hydrogen-bond donors (Lipinski definition) is 1. The van der Waals surface area contributed by atoms with Crippen molar-refractivity contribution < 1.29 is 17.9 Å². The van der Waals surface area contributed by atoms with Crippen molar-refractivity contribution in [2.24, 2.45) is 5.73 Å². The second-order valence-electron chi connectivity index (χ2n) is 3.77. The molecule has 0 unspecified atom stereocenters. The fourth-order valence-corrected chi connectivity index (χ4v) is 1.35. The summed E-state index contributed by atoms with van der Waals surface area (Å²) in [6.07, 6.45) is -4.25. The number of ether oxygens (including phenoxy) is 1. The maximum absolute atomic E-state index is 11.8. The van der Waals surface area contributed by atoms with Gasteiger partial charge in [0.25, 0.3) is 0 Å². The van der Waals surface area contributed by atoms with Gasteiger partial charge in [0.05, 0.1) is 19.6 Å². The Labute approximate surface area is 98.6 Å². The molecular weight excluding hydrogens is 231 g/mol. The normalized spacial score (nSPS) is 11.8. The molecule has 0 saturated carbocycles. The molecule has 5 heteroatoms. The number of halogens is 3. The van der Waals surface area contributed by atoms with Gasteiger partial charge in [0, 0.05) is 0 Å². The molecule has 0 aliphatic rings. The summed E-state index contributed by atoms with van der Waals surface area (Å²) >= 11 is 0. The van der Waals surface area contributed by atoms with Crippen LogP contribution in [0.2, 0.25) is 0 Å². The summed E-state index contributed by atoms with van der Waals surface area (Å²) in [5.41, 5.74) is 7.39. The van der Waals surface area contributed by atoms with Crippen LogP contribution in [-0.2, 0) is 17.8 Å². The van der Waals surface area contributed by atoms with Crippen molar-refractivity contribution in [3.8, 4) is 0 Å². The summed E-state index contributed by atoms with van der Waals surface area (Å²) in [6.45, 7) is 0.495. The van der Waals surface area contributed by atoms with Gasteiger partial charge < -0.3 is 10.5 Å². The van der Waals surface area contributed by atoms with E-state index in [1.54, 1.807) is 0 Å². The highest BCUT2D eigenvalue weighted by Crippen LogP contribution is 2.19. The first kappa shape index (κ1) is 14.0. The zero-order chi connectivity index (χ0) is 12.7. The molecule has 1 rings (SSSR count). The Bertz CT molecular complexity index is 322. The van der Waals surface area contributed by atoms with Crippen molar-refractivity contribution in [3.63, 3.8) is 0 Å². The van der Waals surface area contributed by atoms with E-state index < -0.39 is 12.6 Å². The summed E-state index contributed by atoms with van der Waals surface area (Å²) < 4.78 is 40.4. The van der Waals surface area contributed by atoms with Gasteiger partial charge in [0.1, 0.15) is 0 Å². The fraction of sp³-hybridized carbons (Fsp3) is 0.500. The minimum absolute atomic E-state index is 0.207. The summed E-state index contributed by atoms with van der Waals surface area (Å²) in [4.78, 5) is 0. The molecule has 0 amide bonds. The third-order valence-electron chi connectivity index (χ3n) is 2.25. The largest absolute Gasteiger partial charge is 0.391 e. The van der Waals surface area contributed by atoms with E-state index in [-0.39, 0.29) is 13.2 Å². The predicted molar refractivity (Wildman–Crippen MR) is 59.5 cm³/mol. The van der Waals surface area contributed by atoms with Crippen LogP contribution in [0, 0.1) is 0 Å². The lowest BCUT2D eigenvalue weighted by molar-refractivity contribution is -0.146. The lowest BCUT2D eigenvalue weighted by atomic mass is 10.1. The smallest absolute Gasteiger partial charge is 0.376 e. The molecule has 17 heavy (non-hydrogen) atoms. The van der Waals surface area contributed by atoms with E-state index in [0.717, 1.165) is 17.5 Å². The third kappa shape index (κ3) is 6.28. The van der Waals surface area contributed by atoms with Crippen molar-refractivity contribution >= 4 is 0 Å². The maximum Gasteiger partial charge on any atom is 0.391 e. The lowest BCUT2D eigenvalue weighted by Gasteiger charge is -2.07. The van der Waals surface area contributed by atoms with Crippen molar-refractivity contribution in [2.45, 2.75) is 25.6 Å². The quantitative estimate of drug-likeness (QED) is 0.784. The second kappa shape index (κ2) is 6.61. The molecule has 2 nitrogen and oxygen atoms in total. The number of benzene rings is 1. The van der Waals surface area contributed by atoms with Crippen LogP contribution >= 0.6 is 0 Å². The van der Waals surface area contributed by atoms with Crippen LogP contribution in [0.3, 0.4) is 0 Å². The summed E-state index contributed by atoms with van der Waals surface area (Å²) in [6, 6.07) is 7.52. The summed E-state index contributed by atoms with van der Waals surface area (Å²) in [5.74, 6) is 0. The number of alkyl halides is 3. The van der Waals surface area contributed by atoms with Crippen LogP contribution in [0.5, 0.6) is 0 Å². The molecule has 2 N–H and O–H groups in total. The molecule has 0 aromatic heterocycles. The molecule has 0 saturated heterocycles. The molecule has 0 fully saturated rings. The standard InChI is InChI=1S/C12H16F3NO/c13-12(14,15)6-8-17-9-11-3-1-10(2-4-11)5-7-16/h1-4H,5-9,16H2. The molecule has 0 spiro atoms. The molecule has 0 atom stereocenters. The monoisotopic (exact) mass is 247 g/mol. The highest BCUT2D eigenvalue weighted by Gasteiger charge is 2.26. The van der Waals surface area contributed by atoms with Gasteiger partial charge in [-0.3, -0.25) is 0 Å². The Morgan fingerprint density at radius 2 is 1.65 bits per heavy atom. The average molecular weight is 247 g/mol. The molecule has 0 bridgehead atoms. The van der Waals surface area contributed by atoms with Gasteiger partial charge in [-0.2, -0.15) is 13.2 Å². The first-order chi connectivity index (χ1) is 8.01. The van der Waals surface area contributed by atoms with E-state index in [0.29, 0.717) is 6.54 Å². The molecule has 0 aliphatic carbocycles. The van der Waals surface area contributed by atoms with Crippen LogP contribution in [0.4, 0.5) is 13.2 Å². The van der Waals surface area contributed by atoms with Crippen LogP contribution in [0.25, 0.3) is 0 Å². The minimum atomic E-state index is -4.15. The van der Waals surface area contributed by atoms with Crippen molar-refractivity contribution in [3.05, 3.63) is 35.4 Å². The van der Waals surface area contributed by atoms with E-state index in [1.165, 1.54) is 0 Å². The van der Waals surface area contributed by atoms with E-state index >= 15 is 0 Å². The van der Waals surface area contributed by atoms with Gasteiger partial charge in [-0.15, -0.1) is 0 Å². The Kier molecular flexibility index (Phi) is 5.44. The SMILES string of the molecule is NCCc1ccc(COCCC(F)(F)F)cc1. The lowest BCUT2D eigenvalue weighted by Crippen LogP contribution is -2.11. The predicted octanol–water partition coefficient (Wildman–Crippen LogP) is 2.66. The van der Waals surface area contributed by atoms with Crippen molar-refractivity contribution in [1.29, 1.82) is 0 Å². The highest BCUT2D eigenvalue weighted by atomic mass is 19.4. The van der Waals surface area contributed by atoms with E-state index in [1.807, 2.05) is 24.3 Å². The van der Waals surface area contributed by atoms with Gasteiger partial charge in [0.2, 0.25) is 0 Å². The molecule has 96 valence electrons. The van der Waals surface area contributed by atoms with Crippen molar-refractivity contribution in [1.82, 2.24) is 0 Å². The topological polar surface area (TPSA) is 35.2 Å². The number of rotatable bonds is 6. The van der Waals surface area contributed by atoms with Crippen LogP contribution in [0.15, 0.2) is 24.3 Å². The van der Waals surface area contributed by atoms with Crippen LogP contribution in [0.1, 0.15) is 17.5 Å². The van der Waals surface area contributed by atoms with E-state index in [2.05, 4.69) is 0 Å². The summed E-state index contributed by atoms with van der Waals surface area (Å²) in [5, 5.41) is 0. The Balaban J connectivity index is 2.27. The Morgan fingerprint density at radius 3 is 2.18 bits per heavy atom. The Morgan fingerprint density at radius 1 is 1.06 bits per heavy atom. The highest BCUT2D eigenvalue weighted by molar-refractivity contribution is 5.22. The Hall–Kier alpha value is -1.07. The zero-order valence-corrected chi connectivity index (χ0v) is 9.46. The second-order valence-corrected chi connectivity index (χ2v) is 3.77. The first-order valence-corrected chi connectivity index (χ1v) is 5.43. The van der Waals surface area contributed by atoms with Gasteiger partial charge in [-0.25, -0.2) is 0 Å². The summed E-state index contributed by atoms with van der Waals surface area (Å²) in [7, 11) is 0. The molecule has 1 aromatic carbocycles. The zero-order valence-electron chi connectivity index (χ0n) is 9.46. The molecule has 0 radical (unpaired) electrons. The minimum Gasteiger partial charge on any atom is -0.376 e. The number of hydrogen-bond acceptors (Lipinski definition) is 2. The van der Waals surface area contributed by atoms with Crippen LogP contribution in [-0.4, -0.2) is 19.3 Å². The van der Waals surface area contributed by atoms with E-state index in [9.17, 15) is 13.2 Å². The van der Waals surface area contributed by atoms with Gasteiger partial charge in [-0.1, -0.05) is 24.3 Å². The fourth-order valence-electron chi connectivity index (χ4n) is 1.35.